The lowest BCUT2D eigenvalue weighted by atomic mass is 10.1. The molecular formula is C17H24N4O2S. The molecule has 6 nitrogen and oxygen atoms in total. The maximum atomic E-state index is 12.6. The van der Waals surface area contributed by atoms with Crippen molar-refractivity contribution < 1.29 is 9.53 Å². The molecule has 7 heteroatoms. The second kappa shape index (κ2) is 7.90. The van der Waals surface area contributed by atoms with E-state index in [0.717, 1.165) is 62.0 Å². The van der Waals surface area contributed by atoms with Crippen LogP contribution < -0.4 is 5.32 Å². The summed E-state index contributed by atoms with van der Waals surface area (Å²) in [7, 11) is 0. The highest BCUT2D eigenvalue weighted by molar-refractivity contribution is 7.13. The van der Waals surface area contributed by atoms with Gasteiger partial charge in [-0.3, -0.25) is 4.79 Å². The zero-order valence-corrected chi connectivity index (χ0v) is 15.1. The molecule has 0 radical (unpaired) electrons. The molecule has 2 aromatic heterocycles. The van der Waals surface area contributed by atoms with Gasteiger partial charge >= 0.3 is 0 Å². The lowest BCUT2D eigenvalue weighted by Crippen LogP contribution is -2.18. The summed E-state index contributed by atoms with van der Waals surface area (Å²) in [6.45, 7) is 6.40. The molecule has 0 aliphatic carbocycles. The molecule has 1 aliphatic rings. The Bertz CT molecular complexity index is 689. The van der Waals surface area contributed by atoms with Crippen LogP contribution >= 0.6 is 11.3 Å². The molecule has 0 unspecified atom stereocenters. The summed E-state index contributed by atoms with van der Waals surface area (Å²) in [6.07, 6.45) is 5.93. The Kier molecular flexibility index (Phi) is 5.63. The summed E-state index contributed by atoms with van der Waals surface area (Å²) < 4.78 is 7.26. The number of aromatic nitrogens is 3. The molecule has 0 spiro atoms. The van der Waals surface area contributed by atoms with Crippen molar-refractivity contribution in [3.8, 4) is 0 Å². The SMILES string of the molecule is CCCCc1nc(C)c(C(=O)Nc2ccnn2C[C@H]2CCOC2)s1. The molecule has 0 aromatic carbocycles. The third kappa shape index (κ3) is 4.02. The van der Waals surface area contributed by atoms with Gasteiger partial charge in [0.25, 0.3) is 5.91 Å². The predicted octanol–water partition coefficient (Wildman–Crippen LogP) is 3.28. The number of nitrogens with zero attached hydrogens (tertiary/aromatic N) is 3. The van der Waals surface area contributed by atoms with Gasteiger partial charge in [0.15, 0.2) is 0 Å². The van der Waals surface area contributed by atoms with Gasteiger partial charge in [-0.05, 0) is 26.2 Å². The van der Waals surface area contributed by atoms with Crippen molar-refractivity contribution in [3.05, 3.63) is 27.8 Å². The standard InChI is InChI=1S/C17H24N4O2S/c1-3-4-5-15-19-12(2)16(24-15)17(22)20-14-6-8-18-21(14)10-13-7-9-23-11-13/h6,8,13H,3-5,7,9-11H2,1-2H3,(H,20,22)/t13-/m1/s1. The van der Waals surface area contributed by atoms with Crippen LogP contribution in [0.4, 0.5) is 5.82 Å². The molecule has 1 atom stereocenters. The third-order valence-electron chi connectivity index (χ3n) is 4.20. The normalized spacial score (nSPS) is 17.3. The molecule has 24 heavy (non-hydrogen) atoms. The fourth-order valence-corrected chi connectivity index (χ4v) is 3.83. The van der Waals surface area contributed by atoms with Crippen LogP contribution in [0.25, 0.3) is 0 Å². The average Bonchev–Trinajstić information content (AvgIpc) is 3.28. The monoisotopic (exact) mass is 348 g/mol. The largest absolute Gasteiger partial charge is 0.381 e. The Morgan fingerprint density at radius 1 is 1.54 bits per heavy atom. The lowest BCUT2D eigenvalue weighted by Gasteiger charge is -2.11. The fourth-order valence-electron chi connectivity index (χ4n) is 2.83. The smallest absolute Gasteiger partial charge is 0.268 e. The molecule has 3 heterocycles. The number of hydrogen-bond donors (Lipinski definition) is 1. The molecule has 130 valence electrons. The minimum atomic E-state index is -0.0998. The molecule has 0 bridgehead atoms. The van der Waals surface area contributed by atoms with Crippen LogP contribution in [-0.4, -0.2) is 33.9 Å². The Labute approximate surface area is 146 Å². The first-order valence-corrected chi connectivity index (χ1v) is 9.36. The average molecular weight is 348 g/mol. The predicted molar refractivity (Wildman–Crippen MR) is 94.6 cm³/mol. The lowest BCUT2D eigenvalue weighted by molar-refractivity contribution is 0.102. The Morgan fingerprint density at radius 2 is 2.42 bits per heavy atom. The van der Waals surface area contributed by atoms with Gasteiger partial charge in [-0.1, -0.05) is 13.3 Å². The van der Waals surface area contributed by atoms with Crippen LogP contribution in [0.15, 0.2) is 12.3 Å². The zero-order valence-electron chi connectivity index (χ0n) is 14.2. The van der Waals surface area contributed by atoms with E-state index in [9.17, 15) is 4.79 Å². The summed E-state index contributed by atoms with van der Waals surface area (Å²) in [5.41, 5.74) is 0.805. The highest BCUT2D eigenvalue weighted by Crippen LogP contribution is 2.22. The van der Waals surface area contributed by atoms with E-state index in [2.05, 4.69) is 22.3 Å². The van der Waals surface area contributed by atoms with Gasteiger partial charge in [-0.15, -0.1) is 11.3 Å². The number of rotatable bonds is 7. The number of carbonyl (C=O) groups is 1. The second-order valence-corrected chi connectivity index (χ2v) is 7.29. The second-order valence-electron chi connectivity index (χ2n) is 6.21. The van der Waals surface area contributed by atoms with Crippen LogP contribution in [0.5, 0.6) is 0 Å². The molecule has 1 aliphatic heterocycles. The first-order chi connectivity index (χ1) is 11.7. The highest BCUT2D eigenvalue weighted by Gasteiger charge is 2.20. The number of anilines is 1. The quantitative estimate of drug-likeness (QED) is 0.834. The molecule has 1 fully saturated rings. The number of unbranched alkanes of at least 4 members (excludes halogenated alkanes) is 1. The first-order valence-electron chi connectivity index (χ1n) is 8.54. The molecule has 3 rings (SSSR count). The molecule has 2 aromatic rings. The Balaban J connectivity index is 1.66. The summed E-state index contributed by atoms with van der Waals surface area (Å²) in [5.74, 6) is 1.10. The van der Waals surface area contributed by atoms with E-state index in [0.29, 0.717) is 10.8 Å². The Morgan fingerprint density at radius 3 is 3.17 bits per heavy atom. The van der Waals surface area contributed by atoms with E-state index in [1.54, 1.807) is 6.20 Å². The van der Waals surface area contributed by atoms with Crippen LogP contribution in [0, 0.1) is 12.8 Å². The maximum Gasteiger partial charge on any atom is 0.268 e. The van der Waals surface area contributed by atoms with Gasteiger partial charge in [0, 0.05) is 25.1 Å². The first kappa shape index (κ1) is 17.1. The number of thiazole rings is 1. The number of nitrogens with one attached hydrogen (secondary N) is 1. The topological polar surface area (TPSA) is 69.0 Å². The van der Waals surface area contributed by atoms with Crippen molar-refractivity contribution >= 4 is 23.1 Å². The van der Waals surface area contributed by atoms with Gasteiger partial charge in [-0.2, -0.15) is 5.10 Å². The van der Waals surface area contributed by atoms with Crippen molar-refractivity contribution in [2.75, 3.05) is 18.5 Å². The zero-order chi connectivity index (χ0) is 16.9. The van der Waals surface area contributed by atoms with Crippen LogP contribution in [0.3, 0.4) is 0 Å². The van der Waals surface area contributed by atoms with Crippen LogP contribution in [-0.2, 0) is 17.7 Å². The van der Waals surface area contributed by atoms with Crippen molar-refractivity contribution in [3.63, 3.8) is 0 Å². The van der Waals surface area contributed by atoms with Crippen molar-refractivity contribution in [2.45, 2.75) is 46.1 Å². The van der Waals surface area contributed by atoms with E-state index in [4.69, 9.17) is 4.74 Å². The number of amides is 1. The summed E-state index contributed by atoms with van der Waals surface area (Å²) in [6, 6.07) is 1.84. The number of hydrogen-bond acceptors (Lipinski definition) is 5. The van der Waals surface area contributed by atoms with Gasteiger partial charge in [0.1, 0.15) is 10.7 Å². The van der Waals surface area contributed by atoms with Crippen LogP contribution in [0.2, 0.25) is 0 Å². The molecule has 1 saturated heterocycles. The van der Waals surface area contributed by atoms with E-state index >= 15 is 0 Å². The summed E-state index contributed by atoms with van der Waals surface area (Å²) in [5, 5.41) is 8.35. The molecule has 1 amide bonds. The van der Waals surface area contributed by atoms with Gasteiger partial charge in [0.2, 0.25) is 0 Å². The van der Waals surface area contributed by atoms with Gasteiger partial charge in [-0.25, -0.2) is 9.67 Å². The number of ether oxygens (including phenoxy) is 1. The third-order valence-corrected chi connectivity index (χ3v) is 5.42. The van der Waals surface area contributed by atoms with Crippen molar-refractivity contribution in [1.82, 2.24) is 14.8 Å². The molecular weight excluding hydrogens is 324 g/mol. The minimum Gasteiger partial charge on any atom is -0.381 e. The van der Waals surface area contributed by atoms with Gasteiger partial charge < -0.3 is 10.1 Å². The van der Waals surface area contributed by atoms with E-state index < -0.39 is 0 Å². The maximum absolute atomic E-state index is 12.6. The minimum absolute atomic E-state index is 0.0998. The van der Waals surface area contributed by atoms with E-state index in [-0.39, 0.29) is 5.91 Å². The van der Waals surface area contributed by atoms with Crippen LogP contribution in [0.1, 0.15) is 46.6 Å². The summed E-state index contributed by atoms with van der Waals surface area (Å²) >= 11 is 1.50. The number of carbonyl (C=O) groups excluding carboxylic acids is 1. The Hall–Kier alpha value is -1.73. The van der Waals surface area contributed by atoms with Crippen molar-refractivity contribution in [1.29, 1.82) is 0 Å². The fraction of sp³-hybridized carbons (Fsp3) is 0.588. The highest BCUT2D eigenvalue weighted by atomic mass is 32.1. The van der Waals surface area contributed by atoms with E-state index in [1.807, 2.05) is 17.7 Å². The van der Waals surface area contributed by atoms with Gasteiger partial charge in [0.05, 0.1) is 23.5 Å². The molecule has 1 N–H and O–H groups in total. The molecule has 0 saturated carbocycles. The summed E-state index contributed by atoms with van der Waals surface area (Å²) in [4.78, 5) is 17.8. The van der Waals surface area contributed by atoms with Crippen molar-refractivity contribution in [2.24, 2.45) is 5.92 Å². The number of aryl methyl sites for hydroxylation is 2. The van der Waals surface area contributed by atoms with E-state index in [1.165, 1.54) is 11.3 Å².